The monoisotopic (exact) mass is 457 g/mol. The van der Waals surface area contributed by atoms with Crippen molar-refractivity contribution in [1.82, 2.24) is 39.0 Å². The van der Waals surface area contributed by atoms with Crippen molar-refractivity contribution >= 4 is 27.8 Å². The van der Waals surface area contributed by atoms with Crippen molar-refractivity contribution in [3.8, 4) is 0 Å². The van der Waals surface area contributed by atoms with Crippen molar-refractivity contribution in [2.45, 2.75) is 19.4 Å². The van der Waals surface area contributed by atoms with Crippen LogP contribution < -0.4 is 10.5 Å². The van der Waals surface area contributed by atoms with E-state index in [-0.39, 0.29) is 17.5 Å². The largest absolute Gasteiger partial charge is 0.371 e. The molecule has 7 rings (SSSR count). The fourth-order valence-electron chi connectivity index (χ4n) is 5.48. The Morgan fingerprint density at radius 2 is 2.09 bits per heavy atom. The third kappa shape index (κ3) is 2.89. The normalized spacial score (nSPS) is 21.6. The van der Waals surface area contributed by atoms with Crippen molar-refractivity contribution in [3.05, 3.63) is 59.1 Å². The molecule has 11 heteroatoms. The van der Waals surface area contributed by atoms with Crippen LogP contribution in [0.25, 0.3) is 22.1 Å². The second-order valence-electron chi connectivity index (χ2n) is 9.64. The number of hydrogen-bond acceptors (Lipinski definition) is 8. The van der Waals surface area contributed by atoms with Crippen molar-refractivity contribution in [1.29, 1.82) is 0 Å². The molecule has 11 nitrogen and oxygen atoms in total. The molecule has 2 aliphatic rings. The Hall–Kier alpha value is -4.02. The van der Waals surface area contributed by atoms with E-state index < -0.39 is 0 Å². The number of anilines is 1. The summed E-state index contributed by atoms with van der Waals surface area (Å²) in [5.41, 5.74) is 3.27. The zero-order valence-electron chi connectivity index (χ0n) is 18.9. The molecule has 0 unspecified atom stereocenters. The SMILES string of the molecule is Cn1cnc2ncn(Cc3nc(C[C@@]45C[C@H]4CN(c4ccc6c(cnn6C)c4)C5)no3)c(=O)c21. The molecular formula is C23H23N9O2. The lowest BCUT2D eigenvalue weighted by atomic mass is 10.0. The summed E-state index contributed by atoms with van der Waals surface area (Å²) in [5.74, 6) is 1.74. The van der Waals surface area contributed by atoms with Crippen LogP contribution in [-0.2, 0) is 27.1 Å². The first-order chi connectivity index (χ1) is 16.5. The van der Waals surface area contributed by atoms with Gasteiger partial charge in [0.15, 0.2) is 17.0 Å². The van der Waals surface area contributed by atoms with Crippen LogP contribution in [0.1, 0.15) is 18.1 Å². The van der Waals surface area contributed by atoms with Gasteiger partial charge in [-0.3, -0.25) is 14.0 Å². The van der Waals surface area contributed by atoms with Gasteiger partial charge >= 0.3 is 0 Å². The van der Waals surface area contributed by atoms with Crippen LogP contribution in [0.5, 0.6) is 0 Å². The van der Waals surface area contributed by atoms with Crippen LogP contribution >= 0.6 is 0 Å². The lowest BCUT2D eigenvalue weighted by molar-refractivity contribution is 0.360. The van der Waals surface area contributed by atoms with Crippen molar-refractivity contribution < 1.29 is 4.52 Å². The molecule has 4 aromatic heterocycles. The molecule has 0 bridgehead atoms. The molecule has 1 aliphatic heterocycles. The van der Waals surface area contributed by atoms with Crippen LogP contribution in [0, 0.1) is 11.3 Å². The average Bonchev–Trinajstić information content (AvgIpc) is 3.31. The molecule has 0 amide bonds. The van der Waals surface area contributed by atoms with Gasteiger partial charge in [0.2, 0.25) is 5.89 Å². The zero-order chi connectivity index (χ0) is 23.0. The van der Waals surface area contributed by atoms with E-state index in [1.54, 1.807) is 17.9 Å². The van der Waals surface area contributed by atoms with E-state index in [1.165, 1.54) is 23.0 Å². The fraction of sp³-hybridized carbons (Fsp3) is 0.391. The number of aryl methyl sites for hydroxylation is 2. The molecule has 0 radical (unpaired) electrons. The van der Waals surface area contributed by atoms with E-state index in [0.717, 1.165) is 30.4 Å². The van der Waals surface area contributed by atoms with E-state index in [9.17, 15) is 4.79 Å². The second kappa shape index (κ2) is 6.75. The summed E-state index contributed by atoms with van der Waals surface area (Å²) in [4.78, 5) is 28.2. The van der Waals surface area contributed by atoms with E-state index in [1.807, 2.05) is 17.9 Å². The molecule has 5 heterocycles. The highest BCUT2D eigenvalue weighted by atomic mass is 16.5. The molecular weight excluding hydrogens is 434 g/mol. The Morgan fingerprint density at radius 1 is 1.21 bits per heavy atom. The number of aromatic nitrogens is 8. The Morgan fingerprint density at radius 3 is 3.00 bits per heavy atom. The standard InChI is InChI=1S/C23H23N9O2/c1-29-12-24-21-20(29)22(33)32(13-25-21)10-19-27-18(28-34-19)7-23-6-15(23)9-31(11-23)16-3-4-17-14(5-16)8-26-30(17)2/h3-5,8,12-13,15H,6-7,9-11H2,1-2H3/t15-,23+/m0/s1. The number of rotatable bonds is 5. The van der Waals surface area contributed by atoms with E-state index >= 15 is 0 Å². The predicted molar refractivity (Wildman–Crippen MR) is 123 cm³/mol. The van der Waals surface area contributed by atoms with Gasteiger partial charge in [-0.15, -0.1) is 0 Å². The van der Waals surface area contributed by atoms with Crippen LogP contribution in [0.15, 0.2) is 46.4 Å². The number of imidazole rings is 1. The minimum Gasteiger partial charge on any atom is -0.371 e. The fourth-order valence-corrected chi connectivity index (χ4v) is 5.48. The van der Waals surface area contributed by atoms with Gasteiger partial charge in [0.25, 0.3) is 5.56 Å². The third-order valence-electron chi connectivity index (χ3n) is 7.43. The highest BCUT2D eigenvalue weighted by Crippen LogP contribution is 2.60. The minimum absolute atomic E-state index is 0.178. The highest BCUT2D eigenvalue weighted by molar-refractivity contribution is 5.82. The topological polar surface area (TPSA) is 113 Å². The van der Waals surface area contributed by atoms with Crippen molar-refractivity contribution in [3.63, 3.8) is 0 Å². The molecule has 5 aromatic rings. The minimum atomic E-state index is -0.178. The molecule has 0 N–H and O–H groups in total. The van der Waals surface area contributed by atoms with Gasteiger partial charge in [0.1, 0.15) is 12.9 Å². The van der Waals surface area contributed by atoms with Gasteiger partial charge < -0.3 is 14.0 Å². The molecule has 1 aromatic carbocycles. The summed E-state index contributed by atoms with van der Waals surface area (Å²) in [5, 5.41) is 9.73. The molecule has 1 saturated carbocycles. The summed E-state index contributed by atoms with van der Waals surface area (Å²) in [6.45, 7) is 2.21. The molecule has 1 saturated heterocycles. The van der Waals surface area contributed by atoms with E-state index in [2.05, 4.69) is 48.3 Å². The smallest absolute Gasteiger partial charge is 0.280 e. The summed E-state index contributed by atoms with van der Waals surface area (Å²) in [6.07, 6.45) is 6.94. The van der Waals surface area contributed by atoms with E-state index in [0.29, 0.717) is 28.8 Å². The van der Waals surface area contributed by atoms with Crippen LogP contribution in [0.2, 0.25) is 0 Å². The van der Waals surface area contributed by atoms with Crippen LogP contribution in [0.4, 0.5) is 5.69 Å². The van der Waals surface area contributed by atoms with Crippen molar-refractivity contribution in [2.24, 2.45) is 25.4 Å². The second-order valence-corrected chi connectivity index (χ2v) is 9.64. The van der Waals surface area contributed by atoms with Gasteiger partial charge in [-0.25, -0.2) is 9.97 Å². The number of piperidine rings is 1. The number of fused-ring (bicyclic) bond motifs is 3. The van der Waals surface area contributed by atoms with Gasteiger partial charge in [-0.1, -0.05) is 5.16 Å². The molecule has 34 heavy (non-hydrogen) atoms. The first-order valence-corrected chi connectivity index (χ1v) is 11.3. The Balaban J connectivity index is 1.07. The van der Waals surface area contributed by atoms with Gasteiger partial charge in [-0.05, 0) is 36.0 Å². The molecule has 2 fully saturated rings. The maximum Gasteiger partial charge on any atom is 0.280 e. The lowest BCUT2D eigenvalue weighted by Gasteiger charge is -2.22. The maximum absolute atomic E-state index is 12.8. The zero-order valence-corrected chi connectivity index (χ0v) is 18.9. The first-order valence-electron chi connectivity index (χ1n) is 11.3. The van der Waals surface area contributed by atoms with E-state index in [4.69, 9.17) is 4.52 Å². The first kappa shape index (κ1) is 19.4. The number of nitrogens with zero attached hydrogens (tertiary/aromatic N) is 9. The molecule has 0 spiro atoms. The Labute approximate surface area is 193 Å². The number of benzene rings is 1. The van der Waals surface area contributed by atoms with Gasteiger partial charge in [0, 0.05) is 44.7 Å². The summed E-state index contributed by atoms with van der Waals surface area (Å²) < 4.78 is 10.5. The third-order valence-corrected chi connectivity index (χ3v) is 7.43. The molecule has 1 aliphatic carbocycles. The van der Waals surface area contributed by atoms with Gasteiger partial charge in [-0.2, -0.15) is 10.1 Å². The lowest BCUT2D eigenvalue weighted by Crippen LogP contribution is -2.25. The molecule has 2 atom stereocenters. The van der Waals surface area contributed by atoms with Gasteiger partial charge in [0.05, 0.1) is 18.0 Å². The predicted octanol–water partition coefficient (Wildman–Crippen LogP) is 1.52. The molecule has 172 valence electrons. The average molecular weight is 457 g/mol. The van der Waals surface area contributed by atoms with Crippen molar-refractivity contribution in [2.75, 3.05) is 18.0 Å². The summed E-state index contributed by atoms with van der Waals surface area (Å²) >= 11 is 0. The summed E-state index contributed by atoms with van der Waals surface area (Å²) in [7, 11) is 3.74. The highest BCUT2D eigenvalue weighted by Gasteiger charge is 2.60. The Bertz CT molecular complexity index is 1630. The van der Waals surface area contributed by atoms with Crippen LogP contribution in [-0.4, -0.2) is 52.1 Å². The quantitative estimate of drug-likeness (QED) is 0.390. The van der Waals surface area contributed by atoms with Crippen LogP contribution in [0.3, 0.4) is 0 Å². The Kier molecular flexibility index (Phi) is 3.86. The maximum atomic E-state index is 12.8. The number of hydrogen-bond donors (Lipinski definition) is 0. The summed E-state index contributed by atoms with van der Waals surface area (Å²) in [6, 6.07) is 6.54.